The lowest BCUT2D eigenvalue weighted by molar-refractivity contribution is -0.592. The number of aromatic hydroxyl groups is 1. The van der Waals surface area contributed by atoms with Crippen LogP contribution >= 0.6 is 23.2 Å². The second kappa shape index (κ2) is 7.02. The van der Waals surface area contributed by atoms with Gasteiger partial charge >= 0.3 is 17.1 Å². The Morgan fingerprint density at radius 3 is 2.37 bits per heavy atom. The Kier molecular flexibility index (Phi) is 4.56. The maximum atomic E-state index is 13.3. The standard InChI is InChI=1S/C20H13Cl2N3O2/c21-14-6-8-15(9-7-14)24-18-11-10-17(22)23-25(18)20(27)16(19(24)26)12-13-4-2-1-3-5-13/h1-11H,12H2/p+1. The molecule has 2 aromatic heterocycles. The lowest BCUT2D eigenvalue weighted by atomic mass is 10.1. The number of hydrogen-bond acceptors (Lipinski definition) is 3. The Morgan fingerprint density at radius 2 is 1.67 bits per heavy atom. The van der Waals surface area contributed by atoms with Gasteiger partial charge in [-0.3, -0.25) is 0 Å². The summed E-state index contributed by atoms with van der Waals surface area (Å²) in [5.74, 6) is -0.230. The SMILES string of the molecule is O=c1c(Cc2ccccc2)c(O)[n+]2nc(Cl)ccc2n1-c1ccc(Cl)cc1. The normalized spacial score (nSPS) is 11.0. The van der Waals surface area contributed by atoms with Gasteiger partial charge in [-0.1, -0.05) is 63.1 Å². The third-order valence-corrected chi connectivity index (χ3v) is 4.71. The van der Waals surface area contributed by atoms with Crippen molar-refractivity contribution in [2.24, 2.45) is 0 Å². The molecule has 1 N–H and O–H groups in total. The van der Waals surface area contributed by atoms with Gasteiger partial charge in [-0.15, -0.1) is 0 Å². The molecule has 134 valence electrons. The monoisotopic (exact) mass is 398 g/mol. The Labute approximate surface area is 164 Å². The third kappa shape index (κ3) is 3.27. The van der Waals surface area contributed by atoms with E-state index in [9.17, 15) is 9.90 Å². The van der Waals surface area contributed by atoms with E-state index in [-0.39, 0.29) is 28.6 Å². The average Bonchev–Trinajstić information content (AvgIpc) is 2.68. The van der Waals surface area contributed by atoms with Crippen molar-refractivity contribution < 1.29 is 9.62 Å². The first-order valence-electron chi connectivity index (χ1n) is 8.20. The van der Waals surface area contributed by atoms with Crippen molar-refractivity contribution >= 4 is 28.8 Å². The van der Waals surface area contributed by atoms with Gasteiger partial charge in [0.25, 0.3) is 0 Å². The zero-order chi connectivity index (χ0) is 19.0. The van der Waals surface area contributed by atoms with Crippen LogP contribution in [0.2, 0.25) is 10.2 Å². The minimum Gasteiger partial charge on any atom is -0.476 e. The second-order valence-electron chi connectivity index (χ2n) is 6.01. The summed E-state index contributed by atoms with van der Waals surface area (Å²) in [6.07, 6.45) is 0.260. The van der Waals surface area contributed by atoms with Crippen molar-refractivity contribution in [2.75, 3.05) is 0 Å². The zero-order valence-electron chi connectivity index (χ0n) is 14.0. The van der Waals surface area contributed by atoms with Gasteiger partial charge < -0.3 is 5.11 Å². The van der Waals surface area contributed by atoms with Crippen LogP contribution in [0, 0.1) is 0 Å². The molecule has 2 heterocycles. The summed E-state index contributed by atoms with van der Waals surface area (Å²) in [6, 6.07) is 19.5. The molecular weight excluding hydrogens is 385 g/mol. The average molecular weight is 399 g/mol. The van der Waals surface area contributed by atoms with Crippen LogP contribution in [0.25, 0.3) is 11.3 Å². The van der Waals surface area contributed by atoms with Gasteiger partial charge in [-0.05, 0) is 35.9 Å². The van der Waals surface area contributed by atoms with E-state index in [1.54, 1.807) is 36.4 Å². The van der Waals surface area contributed by atoms with E-state index in [0.717, 1.165) is 5.56 Å². The molecular formula is C20H14Cl2N3O2+. The first-order valence-corrected chi connectivity index (χ1v) is 8.95. The number of hydrogen-bond donors (Lipinski definition) is 1. The van der Waals surface area contributed by atoms with Gasteiger partial charge in [-0.25, -0.2) is 4.79 Å². The summed E-state index contributed by atoms with van der Waals surface area (Å²) < 4.78 is 2.76. The Bertz CT molecular complexity index is 1190. The molecule has 2 aromatic carbocycles. The van der Waals surface area contributed by atoms with Gasteiger partial charge in [0, 0.05) is 17.5 Å². The third-order valence-electron chi connectivity index (χ3n) is 4.25. The van der Waals surface area contributed by atoms with Gasteiger partial charge in [0.2, 0.25) is 0 Å². The van der Waals surface area contributed by atoms with Crippen LogP contribution in [-0.2, 0) is 6.42 Å². The first-order chi connectivity index (χ1) is 13.0. The summed E-state index contributed by atoms with van der Waals surface area (Å²) >= 11 is 12.0. The van der Waals surface area contributed by atoms with E-state index >= 15 is 0 Å². The Morgan fingerprint density at radius 1 is 0.963 bits per heavy atom. The van der Waals surface area contributed by atoms with E-state index in [0.29, 0.717) is 16.4 Å². The minimum atomic E-state index is -0.331. The number of fused-ring (bicyclic) bond motifs is 1. The molecule has 0 fully saturated rings. The maximum Gasteiger partial charge on any atom is 0.350 e. The molecule has 0 spiro atoms. The highest BCUT2D eigenvalue weighted by molar-refractivity contribution is 6.30. The molecule has 27 heavy (non-hydrogen) atoms. The number of rotatable bonds is 3. The molecule has 0 saturated carbocycles. The lowest BCUT2D eigenvalue weighted by Gasteiger charge is -2.08. The van der Waals surface area contributed by atoms with E-state index in [2.05, 4.69) is 5.10 Å². The molecule has 7 heteroatoms. The molecule has 0 atom stereocenters. The summed E-state index contributed by atoms with van der Waals surface area (Å²) in [4.78, 5) is 13.3. The van der Waals surface area contributed by atoms with Crippen molar-refractivity contribution in [1.82, 2.24) is 9.67 Å². The fourth-order valence-electron chi connectivity index (χ4n) is 2.98. The van der Waals surface area contributed by atoms with Gasteiger partial charge in [0.05, 0.1) is 0 Å². The number of nitrogens with zero attached hydrogens (tertiary/aromatic N) is 3. The lowest BCUT2D eigenvalue weighted by Crippen LogP contribution is -2.38. The zero-order valence-corrected chi connectivity index (χ0v) is 15.5. The van der Waals surface area contributed by atoms with E-state index in [1.807, 2.05) is 30.3 Å². The summed E-state index contributed by atoms with van der Waals surface area (Å²) in [5, 5.41) is 15.7. The van der Waals surface area contributed by atoms with Crippen LogP contribution in [0.5, 0.6) is 5.88 Å². The van der Waals surface area contributed by atoms with Gasteiger partial charge in [0.1, 0.15) is 11.3 Å². The van der Waals surface area contributed by atoms with Crippen molar-refractivity contribution in [2.45, 2.75) is 6.42 Å². The maximum absolute atomic E-state index is 13.3. The van der Waals surface area contributed by atoms with Crippen molar-refractivity contribution in [3.05, 3.63) is 98.4 Å². The van der Waals surface area contributed by atoms with Crippen molar-refractivity contribution in [3.8, 4) is 11.6 Å². The minimum absolute atomic E-state index is 0.203. The fraction of sp³-hybridized carbons (Fsp3) is 0.0500. The molecule has 0 radical (unpaired) electrons. The largest absolute Gasteiger partial charge is 0.476 e. The van der Waals surface area contributed by atoms with Crippen LogP contribution in [0.3, 0.4) is 0 Å². The molecule has 0 bridgehead atoms. The fourth-order valence-corrected chi connectivity index (χ4v) is 3.24. The van der Waals surface area contributed by atoms with Crippen molar-refractivity contribution in [3.63, 3.8) is 0 Å². The molecule has 0 aliphatic rings. The molecule has 4 rings (SSSR count). The predicted octanol–water partition coefficient (Wildman–Crippen LogP) is 3.57. The quantitative estimate of drug-likeness (QED) is 0.536. The molecule has 0 amide bonds. The summed E-state index contributed by atoms with van der Waals surface area (Å²) in [6.45, 7) is 0. The molecule has 5 nitrogen and oxygen atoms in total. The Balaban J connectivity index is 2.03. The second-order valence-corrected chi connectivity index (χ2v) is 6.83. The Hall–Kier alpha value is -2.89. The van der Waals surface area contributed by atoms with Crippen molar-refractivity contribution in [1.29, 1.82) is 0 Å². The number of halogens is 2. The smallest absolute Gasteiger partial charge is 0.350 e. The molecule has 0 aliphatic heterocycles. The molecule has 0 unspecified atom stereocenters. The first kappa shape index (κ1) is 17.5. The predicted molar refractivity (Wildman–Crippen MR) is 104 cm³/mol. The highest BCUT2D eigenvalue weighted by Gasteiger charge is 2.26. The molecule has 4 aromatic rings. The number of benzene rings is 2. The van der Waals surface area contributed by atoms with Gasteiger partial charge in [-0.2, -0.15) is 4.57 Å². The number of aromatic nitrogens is 3. The summed E-state index contributed by atoms with van der Waals surface area (Å²) in [5.41, 5.74) is 1.79. The summed E-state index contributed by atoms with van der Waals surface area (Å²) in [7, 11) is 0. The highest BCUT2D eigenvalue weighted by atomic mass is 35.5. The highest BCUT2D eigenvalue weighted by Crippen LogP contribution is 2.19. The van der Waals surface area contributed by atoms with E-state index in [1.165, 1.54) is 9.08 Å². The molecule has 0 saturated heterocycles. The van der Waals surface area contributed by atoms with E-state index < -0.39 is 0 Å². The van der Waals surface area contributed by atoms with Gasteiger partial charge in [0.15, 0.2) is 5.15 Å². The van der Waals surface area contributed by atoms with Crippen LogP contribution < -0.4 is 10.1 Å². The topological polar surface area (TPSA) is 59.2 Å². The van der Waals surface area contributed by atoms with Crippen LogP contribution in [0.1, 0.15) is 11.1 Å². The van der Waals surface area contributed by atoms with Crippen LogP contribution in [0.15, 0.2) is 71.5 Å². The van der Waals surface area contributed by atoms with Crippen LogP contribution in [0.4, 0.5) is 0 Å². The van der Waals surface area contributed by atoms with E-state index in [4.69, 9.17) is 23.2 Å². The van der Waals surface area contributed by atoms with Crippen LogP contribution in [-0.4, -0.2) is 14.8 Å². The molecule has 0 aliphatic carbocycles.